The van der Waals surface area contributed by atoms with Crippen LogP contribution in [0.3, 0.4) is 0 Å². The molecule has 1 saturated heterocycles. The average molecular weight is 427 g/mol. The van der Waals surface area contributed by atoms with Crippen LogP contribution in [0.1, 0.15) is 46.0 Å². The van der Waals surface area contributed by atoms with Crippen molar-refractivity contribution in [3.63, 3.8) is 0 Å². The fourth-order valence-electron chi connectivity index (χ4n) is 3.51. The van der Waals surface area contributed by atoms with Gasteiger partial charge in [0.15, 0.2) is 0 Å². The molecule has 1 aliphatic rings. The van der Waals surface area contributed by atoms with E-state index in [1.54, 1.807) is 6.92 Å². The molecule has 1 atom stereocenters. The van der Waals surface area contributed by atoms with Crippen LogP contribution in [0.25, 0.3) is 0 Å². The van der Waals surface area contributed by atoms with Gasteiger partial charge in [0.05, 0.1) is 24.8 Å². The first kappa shape index (κ1) is 22.7. The maximum atomic E-state index is 12.9. The molecule has 166 valence electrons. The van der Waals surface area contributed by atoms with Crippen molar-refractivity contribution in [3.05, 3.63) is 69.6 Å². The number of carbonyl (C=O) groups is 2. The standard InChI is InChI=1S/C23H30N4O4/c1-2-25-22(29)20-13-18(16-27(23(20)30)15-17-7-4-3-5-8-17)21(28)26-10-6-9-19-14-24-11-12-31-19/h3-5,7-8,13,16,19,24H,2,6,9-12,14-15H2,1H3,(H,25,29)(H,26,28). The van der Waals surface area contributed by atoms with Gasteiger partial charge >= 0.3 is 0 Å². The van der Waals surface area contributed by atoms with Gasteiger partial charge < -0.3 is 25.3 Å². The van der Waals surface area contributed by atoms with Crippen LogP contribution >= 0.6 is 0 Å². The van der Waals surface area contributed by atoms with Gasteiger partial charge in [-0.25, -0.2) is 0 Å². The Kier molecular flexibility index (Phi) is 8.37. The van der Waals surface area contributed by atoms with E-state index in [4.69, 9.17) is 4.74 Å². The lowest BCUT2D eigenvalue weighted by molar-refractivity contribution is 0.0225. The number of ether oxygens (including phenoxy) is 1. The van der Waals surface area contributed by atoms with Gasteiger partial charge in [-0.3, -0.25) is 14.4 Å². The summed E-state index contributed by atoms with van der Waals surface area (Å²) in [7, 11) is 0. The molecule has 1 fully saturated rings. The Labute approximate surface area is 182 Å². The number of hydrogen-bond acceptors (Lipinski definition) is 5. The fraction of sp³-hybridized carbons (Fsp3) is 0.435. The topological polar surface area (TPSA) is 101 Å². The summed E-state index contributed by atoms with van der Waals surface area (Å²) < 4.78 is 7.08. The van der Waals surface area contributed by atoms with E-state index in [1.807, 2.05) is 30.3 Å². The number of amides is 2. The molecule has 1 unspecified atom stereocenters. The zero-order valence-electron chi connectivity index (χ0n) is 17.9. The van der Waals surface area contributed by atoms with Crippen LogP contribution in [-0.4, -0.2) is 55.3 Å². The van der Waals surface area contributed by atoms with Gasteiger partial charge in [0.1, 0.15) is 5.56 Å². The number of nitrogens with one attached hydrogen (secondary N) is 3. The van der Waals surface area contributed by atoms with Crippen molar-refractivity contribution in [2.45, 2.75) is 32.4 Å². The maximum Gasteiger partial charge on any atom is 0.263 e. The van der Waals surface area contributed by atoms with Crippen LogP contribution in [0.5, 0.6) is 0 Å². The maximum absolute atomic E-state index is 12.9. The summed E-state index contributed by atoms with van der Waals surface area (Å²) in [4.78, 5) is 38.0. The largest absolute Gasteiger partial charge is 0.376 e. The highest BCUT2D eigenvalue weighted by Crippen LogP contribution is 2.07. The normalized spacial score (nSPS) is 16.0. The first-order valence-electron chi connectivity index (χ1n) is 10.8. The van der Waals surface area contributed by atoms with Crippen LogP contribution in [0, 0.1) is 0 Å². The summed E-state index contributed by atoms with van der Waals surface area (Å²) in [6, 6.07) is 10.8. The predicted molar refractivity (Wildman–Crippen MR) is 118 cm³/mol. The lowest BCUT2D eigenvalue weighted by atomic mass is 10.1. The fourth-order valence-corrected chi connectivity index (χ4v) is 3.51. The Morgan fingerprint density at radius 1 is 1.19 bits per heavy atom. The van der Waals surface area contributed by atoms with E-state index in [0.717, 1.165) is 31.5 Å². The average Bonchev–Trinajstić information content (AvgIpc) is 2.79. The highest BCUT2D eigenvalue weighted by Gasteiger charge is 2.18. The van der Waals surface area contributed by atoms with Crippen LogP contribution in [0.4, 0.5) is 0 Å². The molecule has 3 rings (SSSR count). The summed E-state index contributed by atoms with van der Waals surface area (Å²) in [5.41, 5.74) is 0.734. The molecule has 0 bridgehead atoms. The predicted octanol–water partition coefficient (Wildman–Crippen LogP) is 1.14. The Hall–Kier alpha value is -2.97. The van der Waals surface area contributed by atoms with Crippen molar-refractivity contribution in [3.8, 4) is 0 Å². The van der Waals surface area contributed by atoms with Gasteiger partial charge in [-0.15, -0.1) is 0 Å². The minimum Gasteiger partial charge on any atom is -0.376 e. The van der Waals surface area contributed by atoms with Gasteiger partial charge in [0, 0.05) is 32.4 Å². The summed E-state index contributed by atoms with van der Waals surface area (Å²) in [6.45, 7) is 5.36. The Morgan fingerprint density at radius 2 is 2.00 bits per heavy atom. The zero-order valence-corrected chi connectivity index (χ0v) is 17.9. The SMILES string of the molecule is CCNC(=O)c1cc(C(=O)NCCCC2CNCCO2)cn(Cc2ccccc2)c1=O. The number of pyridine rings is 1. The van der Waals surface area contributed by atoms with E-state index in [9.17, 15) is 14.4 Å². The van der Waals surface area contributed by atoms with E-state index >= 15 is 0 Å². The first-order chi connectivity index (χ1) is 15.1. The summed E-state index contributed by atoms with van der Waals surface area (Å²) >= 11 is 0. The number of rotatable bonds is 9. The molecule has 0 aliphatic carbocycles. The van der Waals surface area contributed by atoms with E-state index in [0.29, 0.717) is 19.7 Å². The van der Waals surface area contributed by atoms with Gasteiger partial charge in [-0.1, -0.05) is 30.3 Å². The van der Waals surface area contributed by atoms with Crippen molar-refractivity contribution in [2.24, 2.45) is 0 Å². The molecule has 1 aliphatic heterocycles. The monoisotopic (exact) mass is 426 g/mol. The van der Waals surface area contributed by atoms with Crippen molar-refractivity contribution in [1.82, 2.24) is 20.5 Å². The van der Waals surface area contributed by atoms with Crippen LogP contribution in [-0.2, 0) is 11.3 Å². The van der Waals surface area contributed by atoms with E-state index in [1.165, 1.54) is 16.8 Å². The van der Waals surface area contributed by atoms with Crippen molar-refractivity contribution < 1.29 is 14.3 Å². The molecule has 2 amide bonds. The molecule has 0 radical (unpaired) electrons. The van der Waals surface area contributed by atoms with Crippen LogP contribution in [0.15, 0.2) is 47.4 Å². The molecular formula is C23H30N4O4. The molecule has 0 spiro atoms. The smallest absolute Gasteiger partial charge is 0.263 e. The molecule has 0 saturated carbocycles. The third-order valence-corrected chi connectivity index (χ3v) is 5.12. The minimum absolute atomic E-state index is 0.0351. The molecular weight excluding hydrogens is 396 g/mol. The minimum atomic E-state index is -0.481. The number of nitrogens with zero attached hydrogens (tertiary/aromatic N) is 1. The number of morpholine rings is 1. The van der Waals surface area contributed by atoms with Gasteiger partial charge in [0.2, 0.25) is 0 Å². The molecule has 8 heteroatoms. The second-order valence-corrected chi connectivity index (χ2v) is 7.52. The lowest BCUT2D eigenvalue weighted by Crippen LogP contribution is -2.39. The van der Waals surface area contributed by atoms with E-state index in [2.05, 4.69) is 16.0 Å². The second kappa shape index (κ2) is 11.4. The second-order valence-electron chi connectivity index (χ2n) is 7.52. The van der Waals surface area contributed by atoms with Gasteiger partial charge in [-0.05, 0) is 31.4 Å². The van der Waals surface area contributed by atoms with Crippen LogP contribution < -0.4 is 21.5 Å². The highest BCUT2D eigenvalue weighted by molar-refractivity contribution is 5.99. The first-order valence-corrected chi connectivity index (χ1v) is 10.8. The van der Waals surface area contributed by atoms with Crippen molar-refractivity contribution >= 4 is 11.8 Å². The van der Waals surface area contributed by atoms with Gasteiger partial charge in [0.25, 0.3) is 17.4 Å². The summed E-state index contributed by atoms with van der Waals surface area (Å²) in [5.74, 6) is -0.791. The summed E-state index contributed by atoms with van der Waals surface area (Å²) in [6.07, 6.45) is 3.32. The molecule has 2 aromatic rings. The molecule has 3 N–H and O–H groups in total. The van der Waals surface area contributed by atoms with E-state index < -0.39 is 11.5 Å². The summed E-state index contributed by atoms with van der Waals surface area (Å²) in [5, 5.41) is 8.82. The molecule has 2 heterocycles. The van der Waals surface area contributed by atoms with E-state index in [-0.39, 0.29) is 29.7 Å². The highest BCUT2D eigenvalue weighted by atomic mass is 16.5. The number of carbonyl (C=O) groups excluding carboxylic acids is 2. The van der Waals surface area contributed by atoms with Gasteiger partial charge in [-0.2, -0.15) is 0 Å². The zero-order chi connectivity index (χ0) is 22.1. The Balaban J connectivity index is 1.72. The molecule has 8 nitrogen and oxygen atoms in total. The third kappa shape index (κ3) is 6.50. The quantitative estimate of drug-likeness (QED) is 0.522. The molecule has 1 aromatic heterocycles. The molecule has 1 aromatic carbocycles. The Morgan fingerprint density at radius 3 is 2.71 bits per heavy atom. The van der Waals surface area contributed by atoms with Crippen LogP contribution in [0.2, 0.25) is 0 Å². The Bertz CT molecular complexity index is 936. The number of hydrogen-bond donors (Lipinski definition) is 3. The lowest BCUT2D eigenvalue weighted by Gasteiger charge is -2.23. The van der Waals surface area contributed by atoms with Crippen molar-refractivity contribution in [1.29, 1.82) is 0 Å². The number of benzene rings is 1. The number of aromatic nitrogens is 1. The molecule has 31 heavy (non-hydrogen) atoms. The third-order valence-electron chi connectivity index (χ3n) is 5.12. The van der Waals surface area contributed by atoms with Crippen molar-refractivity contribution in [2.75, 3.05) is 32.8 Å².